The molecule has 1 atom stereocenters. The summed E-state index contributed by atoms with van der Waals surface area (Å²) in [7, 11) is 0. The van der Waals surface area contributed by atoms with Crippen molar-refractivity contribution in [2.75, 3.05) is 5.75 Å². The van der Waals surface area contributed by atoms with E-state index in [4.69, 9.17) is 22.1 Å². The zero-order valence-electron chi connectivity index (χ0n) is 14.2. The first-order valence-electron chi connectivity index (χ1n) is 7.38. The number of carbonyl (C=O) groups is 3. The Bertz CT molecular complexity index is 660. The third-order valence-electron chi connectivity index (χ3n) is 2.87. The number of hydrogen-bond acceptors (Lipinski definition) is 5. The van der Waals surface area contributed by atoms with Gasteiger partial charge in [-0.1, -0.05) is 17.7 Å². The van der Waals surface area contributed by atoms with E-state index in [0.717, 1.165) is 5.56 Å². The molecule has 0 aromatic heterocycles. The lowest BCUT2D eigenvalue weighted by Crippen LogP contribution is -2.44. The Labute approximate surface area is 155 Å². The molecule has 2 amide bonds. The molecular weight excluding hydrogens is 368 g/mol. The van der Waals surface area contributed by atoms with Crippen molar-refractivity contribution in [1.82, 2.24) is 5.32 Å². The second kappa shape index (κ2) is 8.96. The number of primary amides is 1. The van der Waals surface area contributed by atoms with Crippen LogP contribution in [0.1, 0.15) is 36.7 Å². The van der Waals surface area contributed by atoms with E-state index in [1.165, 1.54) is 17.8 Å². The summed E-state index contributed by atoms with van der Waals surface area (Å²) in [5.74, 6) is -1.19. The molecule has 0 fully saturated rings. The van der Waals surface area contributed by atoms with Gasteiger partial charge in [0.25, 0.3) is 0 Å². The predicted molar refractivity (Wildman–Crippen MR) is 96.9 cm³/mol. The highest BCUT2D eigenvalue weighted by molar-refractivity contribution is 7.98. The normalized spacial score (nSPS) is 12.3. The lowest BCUT2D eigenvalue weighted by atomic mass is 10.1. The van der Waals surface area contributed by atoms with Crippen molar-refractivity contribution in [2.24, 2.45) is 5.73 Å². The number of amides is 2. The number of hydrogen-bond donors (Lipinski definition) is 3. The molecule has 1 rings (SSSR count). The fraction of sp³-hybridized carbons (Fsp3) is 0.438. The number of carboxylic acid groups (broad SMARTS) is 1. The zero-order valence-corrected chi connectivity index (χ0v) is 15.7. The van der Waals surface area contributed by atoms with Gasteiger partial charge in [0, 0.05) is 22.1 Å². The molecular formula is C16H21ClN2O5S. The van der Waals surface area contributed by atoms with Crippen LogP contribution in [0.2, 0.25) is 5.02 Å². The van der Waals surface area contributed by atoms with Crippen molar-refractivity contribution in [3.8, 4) is 0 Å². The number of benzene rings is 1. The summed E-state index contributed by atoms with van der Waals surface area (Å²) in [4.78, 5) is 34.0. The summed E-state index contributed by atoms with van der Waals surface area (Å²) < 4.78 is 5.05. The number of carbonyl (C=O) groups excluding carboxylic acids is 2. The summed E-state index contributed by atoms with van der Waals surface area (Å²) in [6.45, 7) is 5.07. The number of alkyl carbamates (subject to hydrolysis) is 1. The number of ether oxygens (including phenoxy) is 1. The second-order valence-electron chi connectivity index (χ2n) is 6.22. The zero-order chi connectivity index (χ0) is 19.2. The minimum atomic E-state index is -1.16. The Morgan fingerprint density at radius 3 is 2.48 bits per heavy atom. The van der Waals surface area contributed by atoms with Gasteiger partial charge >= 0.3 is 12.1 Å². The van der Waals surface area contributed by atoms with E-state index in [1.54, 1.807) is 32.9 Å². The standard InChI is InChI=1S/C16H21ClN2O5S/c1-16(2,3)24-15(23)19-12(14(21)22)8-25-7-10-5-4-9(13(18)20)6-11(10)17/h4-6,12H,7-8H2,1-3H3,(H2,18,20)(H,19,23)(H,21,22). The maximum absolute atomic E-state index is 11.7. The monoisotopic (exact) mass is 388 g/mol. The molecule has 25 heavy (non-hydrogen) atoms. The van der Waals surface area contributed by atoms with Crippen LogP contribution in [0.15, 0.2) is 18.2 Å². The molecule has 0 saturated heterocycles. The van der Waals surface area contributed by atoms with Crippen LogP contribution in [-0.2, 0) is 15.3 Å². The van der Waals surface area contributed by atoms with Crippen LogP contribution in [-0.4, -0.2) is 40.5 Å². The van der Waals surface area contributed by atoms with Crippen LogP contribution >= 0.6 is 23.4 Å². The fourth-order valence-corrected chi connectivity index (χ4v) is 3.11. The number of thioether (sulfide) groups is 1. The SMILES string of the molecule is CC(C)(C)OC(=O)NC(CSCc1ccc(C(N)=O)cc1Cl)C(=O)O. The van der Waals surface area contributed by atoms with Crippen molar-refractivity contribution < 1.29 is 24.2 Å². The molecule has 138 valence electrons. The molecule has 0 saturated carbocycles. The van der Waals surface area contributed by atoms with Gasteiger partial charge in [0.05, 0.1) is 0 Å². The Balaban J connectivity index is 2.60. The minimum absolute atomic E-state index is 0.127. The van der Waals surface area contributed by atoms with E-state index < -0.39 is 29.6 Å². The largest absolute Gasteiger partial charge is 0.480 e. The van der Waals surface area contributed by atoms with E-state index >= 15 is 0 Å². The first-order valence-corrected chi connectivity index (χ1v) is 8.91. The van der Waals surface area contributed by atoms with Crippen LogP contribution < -0.4 is 11.1 Å². The molecule has 0 heterocycles. The third kappa shape index (κ3) is 7.66. The minimum Gasteiger partial charge on any atom is -0.480 e. The number of nitrogens with one attached hydrogen (secondary N) is 1. The smallest absolute Gasteiger partial charge is 0.408 e. The highest BCUT2D eigenvalue weighted by atomic mass is 35.5. The molecule has 0 aliphatic heterocycles. The highest BCUT2D eigenvalue weighted by Gasteiger charge is 2.24. The maximum Gasteiger partial charge on any atom is 0.408 e. The fourth-order valence-electron chi connectivity index (χ4n) is 1.73. The summed E-state index contributed by atoms with van der Waals surface area (Å²) in [5, 5.41) is 11.9. The van der Waals surface area contributed by atoms with Crippen LogP contribution in [0, 0.1) is 0 Å². The van der Waals surface area contributed by atoms with E-state index in [1.807, 2.05) is 0 Å². The molecule has 1 unspecified atom stereocenters. The Morgan fingerprint density at radius 1 is 1.36 bits per heavy atom. The van der Waals surface area contributed by atoms with Gasteiger partial charge in [-0.3, -0.25) is 4.79 Å². The summed E-state index contributed by atoms with van der Waals surface area (Å²) in [6.07, 6.45) is -0.788. The number of carboxylic acids is 1. The van der Waals surface area contributed by atoms with Crippen molar-refractivity contribution in [3.63, 3.8) is 0 Å². The number of nitrogens with two attached hydrogens (primary N) is 1. The summed E-state index contributed by atoms with van der Waals surface area (Å²) >= 11 is 7.36. The predicted octanol–water partition coefficient (Wildman–Crippen LogP) is 2.65. The van der Waals surface area contributed by atoms with Gasteiger partial charge in [0.15, 0.2) is 0 Å². The van der Waals surface area contributed by atoms with Crippen LogP contribution in [0.3, 0.4) is 0 Å². The number of rotatable bonds is 7. The van der Waals surface area contributed by atoms with Gasteiger partial charge in [-0.05, 0) is 38.5 Å². The molecule has 0 spiro atoms. The molecule has 0 radical (unpaired) electrons. The van der Waals surface area contributed by atoms with Crippen molar-refractivity contribution >= 4 is 41.3 Å². The average molecular weight is 389 g/mol. The second-order valence-corrected chi connectivity index (χ2v) is 7.66. The van der Waals surface area contributed by atoms with Crippen molar-refractivity contribution in [2.45, 2.75) is 38.2 Å². The molecule has 1 aromatic rings. The number of aliphatic carboxylic acids is 1. The van der Waals surface area contributed by atoms with Crippen LogP contribution in [0.25, 0.3) is 0 Å². The molecule has 0 aliphatic rings. The molecule has 9 heteroatoms. The van der Waals surface area contributed by atoms with Gasteiger partial charge < -0.3 is 20.9 Å². The molecule has 0 aliphatic carbocycles. The molecule has 4 N–H and O–H groups in total. The molecule has 1 aromatic carbocycles. The Kier molecular flexibility index (Phi) is 7.57. The Morgan fingerprint density at radius 2 is 2.00 bits per heavy atom. The van der Waals surface area contributed by atoms with E-state index in [-0.39, 0.29) is 5.75 Å². The van der Waals surface area contributed by atoms with Crippen LogP contribution in [0.4, 0.5) is 4.79 Å². The lowest BCUT2D eigenvalue weighted by molar-refractivity contribution is -0.138. The van der Waals surface area contributed by atoms with E-state index in [9.17, 15) is 19.5 Å². The maximum atomic E-state index is 11.7. The lowest BCUT2D eigenvalue weighted by Gasteiger charge is -2.21. The summed E-state index contributed by atoms with van der Waals surface area (Å²) in [6, 6.07) is 3.58. The van der Waals surface area contributed by atoms with Gasteiger partial charge in [0.1, 0.15) is 11.6 Å². The molecule has 0 bridgehead atoms. The van der Waals surface area contributed by atoms with Crippen LogP contribution in [0.5, 0.6) is 0 Å². The summed E-state index contributed by atoms with van der Waals surface area (Å²) in [5.41, 5.74) is 5.50. The molecule has 7 nitrogen and oxygen atoms in total. The quantitative estimate of drug-likeness (QED) is 0.660. The van der Waals surface area contributed by atoms with E-state index in [2.05, 4.69) is 5.32 Å². The highest BCUT2D eigenvalue weighted by Crippen LogP contribution is 2.23. The third-order valence-corrected chi connectivity index (χ3v) is 4.30. The van der Waals surface area contributed by atoms with Gasteiger partial charge in [0.2, 0.25) is 5.91 Å². The van der Waals surface area contributed by atoms with E-state index in [0.29, 0.717) is 16.3 Å². The van der Waals surface area contributed by atoms with Gasteiger partial charge in [-0.15, -0.1) is 0 Å². The number of halogens is 1. The first kappa shape index (κ1) is 21.1. The average Bonchev–Trinajstić information content (AvgIpc) is 2.45. The van der Waals surface area contributed by atoms with Crippen molar-refractivity contribution in [3.05, 3.63) is 34.3 Å². The van der Waals surface area contributed by atoms with Crippen molar-refractivity contribution in [1.29, 1.82) is 0 Å². The Hall–Kier alpha value is -1.93. The van der Waals surface area contributed by atoms with Gasteiger partial charge in [-0.25, -0.2) is 9.59 Å². The van der Waals surface area contributed by atoms with Gasteiger partial charge in [-0.2, -0.15) is 11.8 Å². The first-order chi connectivity index (χ1) is 11.5. The topological polar surface area (TPSA) is 119 Å².